The van der Waals surface area contributed by atoms with Crippen LogP contribution in [0.4, 0.5) is 0 Å². The van der Waals surface area contributed by atoms with Crippen LogP contribution >= 0.6 is 0 Å². The average Bonchev–Trinajstić information content (AvgIpc) is 2.46. The number of benzene rings is 1. The maximum Gasteiger partial charge on any atom is 0.219 e. The summed E-state index contributed by atoms with van der Waals surface area (Å²) in [5.74, 6) is 2.31. The van der Waals surface area contributed by atoms with Crippen LogP contribution in [-0.4, -0.2) is 30.0 Å². The van der Waals surface area contributed by atoms with Gasteiger partial charge in [0.25, 0.3) is 0 Å². The van der Waals surface area contributed by atoms with Crippen molar-refractivity contribution in [2.45, 2.75) is 65.9 Å². The van der Waals surface area contributed by atoms with E-state index < -0.39 is 0 Å². The van der Waals surface area contributed by atoms with Gasteiger partial charge in [-0.25, -0.2) is 0 Å². The number of nitrogens with zero attached hydrogens (tertiary/aromatic N) is 1. The zero-order chi connectivity index (χ0) is 17.0. The molecule has 0 aliphatic carbocycles. The summed E-state index contributed by atoms with van der Waals surface area (Å²) in [6, 6.07) is 6.70. The van der Waals surface area contributed by atoms with Crippen molar-refractivity contribution in [3.8, 4) is 5.75 Å². The normalized spacial score (nSPS) is 16.2. The molecule has 1 aliphatic rings. The number of carbonyl (C=O) groups is 1. The molecule has 3 heteroatoms. The van der Waals surface area contributed by atoms with Gasteiger partial charge in [-0.1, -0.05) is 33.8 Å². The smallest absolute Gasteiger partial charge is 0.219 e. The van der Waals surface area contributed by atoms with Crippen LogP contribution in [0.2, 0.25) is 0 Å². The van der Waals surface area contributed by atoms with Gasteiger partial charge in [0.2, 0.25) is 5.91 Å². The summed E-state index contributed by atoms with van der Waals surface area (Å²) < 4.78 is 6.26. The first-order valence-electron chi connectivity index (χ1n) is 8.91. The van der Waals surface area contributed by atoms with E-state index in [1.165, 1.54) is 11.1 Å². The van der Waals surface area contributed by atoms with Crippen molar-refractivity contribution in [2.24, 2.45) is 5.92 Å². The van der Waals surface area contributed by atoms with Crippen molar-refractivity contribution in [2.75, 3.05) is 13.1 Å². The number of hydrogen-bond donors (Lipinski definition) is 0. The Kier molecular flexibility index (Phi) is 6.09. The molecular formula is C20H31NO2. The number of ether oxygens (including phenoxy) is 1. The van der Waals surface area contributed by atoms with Gasteiger partial charge >= 0.3 is 0 Å². The first-order valence-corrected chi connectivity index (χ1v) is 8.91. The van der Waals surface area contributed by atoms with Gasteiger partial charge in [-0.2, -0.15) is 0 Å². The number of likely N-dealkylation sites (tertiary alicyclic amines) is 1. The fourth-order valence-corrected chi connectivity index (χ4v) is 3.16. The minimum absolute atomic E-state index is 0.171. The number of piperidine rings is 1. The van der Waals surface area contributed by atoms with Gasteiger partial charge in [0.1, 0.15) is 11.9 Å². The highest BCUT2D eigenvalue weighted by atomic mass is 16.5. The molecule has 0 spiro atoms. The van der Waals surface area contributed by atoms with E-state index in [2.05, 4.69) is 45.9 Å². The summed E-state index contributed by atoms with van der Waals surface area (Å²) in [7, 11) is 0. The van der Waals surface area contributed by atoms with E-state index in [4.69, 9.17) is 4.74 Å². The SMILES string of the molecule is CC(=O)N1CCC(Oc2cc(CC(C)C)cc(C(C)C)c2)CC1. The molecule has 1 aromatic rings. The second-order valence-corrected chi connectivity index (χ2v) is 7.49. The number of rotatable bonds is 5. The average molecular weight is 317 g/mol. The third-order valence-corrected chi connectivity index (χ3v) is 4.49. The van der Waals surface area contributed by atoms with Crippen molar-refractivity contribution in [3.05, 3.63) is 29.3 Å². The molecule has 1 amide bonds. The van der Waals surface area contributed by atoms with Crippen LogP contribution in [-0.2, 0) is 11.2 Å². The lowest BCUT2D eigenvalue weighted by Gasteiger charge is -2.31. The fourth-order valence-electron chi connectivity index (χ4n) is 3.16. The molecule has 1 aromatic carbocycles. The van der Waals surface area contributed by atoms with E-state index in [-0.39, 0.29) is 12.0 Å². The van der Waals surface area contributed by atoms with Crippen LogP contribution < -0.4 is 4.74 Å². The van der Waals surface area contributed by atoms with Crippen molar-refractivity contribution in [1.29, 1.82) is 0 Å². The molecule has 0 aromatic heterocycles. The Morgan fingerprint density at radius 1 is 1.17 bits per heavy atom. The third kappa shape index (κ3) is 5.26. The highest BCUT2D eigenvalue weighted by molar-refractivity contribution is 5.73. The molecule has 0 bridgehead atoms. The summed E-state index contributed by atoms with van der Waals surface area (Å²) >= 11 is 0. The van der Waals surface area contributed by atoms with E-state index in [9.17, 15) is 4.79 Å². The predicted molar refractivity (Wildman–Crippen MR) is 95.0 cm³/mol. The highest BCUT2D eigenvalue weighted by Crippen LogP contribution is 2.27. The largest absolute Gasteiger partial charge is 0.490 e. The zero-order valence-corrected chi connectivity index (χ0v) is 15.3. The highest BCUT2D eigenvalue weighted by Gasteiger charge is 2.22. The van der Waals surface area contributed by atoms with Crippen LogP contribution in [0.25, 0.3) is 0 Å². The topological polar surface area (TPSA) is 29.5 Å². The molecule has 1 fully saturated rings. The second kappa shape index (κ2) is 7.85. The monoisotopic (exact) mass is 317 g/mol. The standard InChI is InChI=1S/C20H31NO2/c1-14(2)10-17-11-18(15(3)4)13-20(12-17)23-19-6-8-21(9-7-19)16(5)22/h11-15,19H,6-10H2,1-5H3. The van der Waals surface area contributed by atoms with Gasteiger partial charge in [-0.05, 0) is 41.5 Å². The van der Waals surface area contributed by atoms with Crippen LogP contribution in [0.3, 0.4) is 0 Å². The lowest BCUT2D eigenvalue weighted by Crippen LogP contribution is -2.40. The lowest BCUT2D eigenvalue weighted by molar-refractivity contribution is -0.130. The third-order valence-electron chi connectivity index (χ3n) is 4.49. The summed E-state index contributed by atoms with van der Waals surface area (Å²) in [5, 5.41) is 0. The molecule has 0 saturated carbocycles. The maximum absolute atomic E-state index is 11.4. The predicted octanol–water partition coefficient (Wildman–Crippen LogP) is 4.40. The quantitative estimate of drug-likeness (QED) is 0.805. The Hall–Kier alpha value is -1.51. The molecule has 1 heterocycles. The number of carbonyl (C=O) groups excluding carboxylic acids is 1. The first kappa shape index (κ1) is 17.8. The molecule has 1 saturated heterocycles. The minimum Gasteiger partial charge on any atom is -0.490 e. The van der Waals surface area contributed by atoms with Gasteiger partial charge in [0.15, 0.2) is 0 Å². The minimum atomic E-state index is 0.171. The second-order valence-electron chi connectivity index (χ2n) is 7.49. The zero-order valence-electron chi connectivity index (χ0n) is 15.3. The molecule has 128 valence electrons. The van der Waals surface area contributed by atoms with Gasteiger partial charge in [-0.3, -0.25) is 4.79 Å². The van der Waals surface area contributed by atoms with Gasteiger partial charge < -0.3 is 9.64 Å². The Balaban J connectivity index is 2.07. The molecule has 3 nitrogen and oxygen atoms in total. The van der Waals surface area contributed by atoms with Crippen LogP contribution in [0.1, 0.15) is 64.5 Å². The summed E-state index contributed by atoms with van der Waals surface area (Å²) in [4.78, 5) is 13.3. The Bertz CT molecular complexity index is 528. The molecule has 0 unspecified atom stereocenters. The lowest BCUT2D eigenvalue weighted by atomic mass is 9.96. The van der Waals surface area contributed by atoms with Crippen molar-refractivity contribution < 1.29 is 9.53 Å². The Morgan fingerprint density at radius 3 is 2.35 bits per heavy atom. The molecule has 1 aliphatic heterocycles. The number of amides is 1. The summed E-state index contributed by atoms with van der Waals surface area (Å²) in [6.07, 6.45) is 3.15. The van der Waals surface area contributed by atoms with E-state index in [1.807, 2.05) is 4.90 Å². The molecule has 2 rings (SSSR count). The van der Waals surface area contributed by atoms with Gasteiger partial charge in [0, 0.05) is 32.9 Å². The van der Waals surface area contributed by atoms with E-state index >= 15 is 0 Å². The van der Waals surface area contributed by atoms with Gasteiger partial charge in [-0.15, -0.1) is 0 Å². The molecule has 0 atom stereocenters. The Labute approximate surface area is 141 Å². The molecule has 0 N–H and O–H groups in total. The maximum atomic E-state index is 11.4. The molecular weight excluding hydrogens is 286 g/mol. The van der Waals surface area contributed by atoms with E-state index in [0.717, 1.165) is 38.1 Å². The first-order chi connectivity index (χ1) is 10.8. The van der Waals surface area contributed by atoms with Crippen molar-refractivity contribution >= 4 is 5.91 Å². The van der Waals surface area contributed by atoms with Crippen LogP contribution in [0, 0.1) is 5.92 Å². The van der Waals surface area contributed by atoms with Gasteiger partial charge in [0.05, 0.1) is 0 Å². The molecule has 0 radical (unpaired) electrons. The van der Waals surface area contributed by atoms with E-state index in [1.54, 1.807) is 6.92 Å². The summed E-state index contributed by atoms with van der Waals surface area (Å²) in [5.41, 5.74) is 2.71. The van der Waals surface area contributed by atoms with Crippen LogP contribution in [0.5, 0.6) is 5.75 Å². The van der Waals surface area contributed by atoms with E-state index in [0.29, 0.717) is 11.8 Å². The number of hydrogen-bond acceptors (Lipinski definition) is 2. The van der Waals surface area contributed by atoms with Crippen LogP contribution in [0.15, 0.2) is 18.2 Å². The van der Waals surface area contributed by atoms with Crippen molar-refractivity contribution in [1.82, 2.24) is 4.90 Å². The summed E-state index contributed by atoms with van der Waals surface area (Å²) in [6.45, 7) is 12.2. The van der Waals surface area contributed by atoms with Crippen molar-refractivity contribution in [3.63, 3.8) is 0 Å². The Morgan fingerprint density at radius 2 is 1.83 bits per heavy atom. The molecule has 23 heavy (non-hydrogen) atoms. The fraction of sp³-hybridized carbons (Fsp3) is 0.650.